The highest BCUT2D eigenvalue weighted by Gasteiger charge is 2.62. The molecule has 3 aromatic rings. The predicted molar refractivity (Wildman–Crippen MR) is 218 cm³/mol. The normalized spacial score (nSPS) is 25.9. The van der Waals surface area contributed by atoms with Crippen molar-refractivity contribution in [2.75, 3.05) is 20.3 Å². The van der Waals surface area contributed by atoms with Crippen LogP contribution in [0.15, 0.2) is 67.3 Å². The summed E-state index contributed by atoms with van der Waals surface area (Å²) in [5.41, 5.74) is 0.513. The first kappa shape index (κ1) is 40.7. The van der Waals surface area contributed by atoms with Crippen LogP contribution in [0.5, 0.6) is 11.5 Å². The van der Waals surface area contributed by atoms with Gasteiger partial charge in [-0.25, -0.2) is 18.2 Å². The van der Waals surface area contributed by atoms with Gasteiger partial charge in [-0.2, -0.15) is 0 Å². The Labute approximate surface area is 338 Å². The molecule has 2 aliphatic carbocycles. The fourth-order valence-corrected chi connectivity index (χ4v) is 9.05. The third-order valence-electron chi connectivity index (χ3n) is 11.3. The number of rotatable bonds is 8. The second-order valence-corrected chi connectivity index (χ2v) is 18.6. The zero-order valence-electron chi connectivity index (χ0n) is 33.3. The van der Waals surface area contributed by atoms with Crippen molar-refractivity contribution in [3.05, 3.63) is 72.8 Å². The summed E-state index contributed by atoms with van der Waals surface area (Å²) in [6.07, 6.45) is 7.11. The number of alkyl carbamates (subject to hydrolysis) is 1. The number of pyridine rings is 1. The molecule has 3 N–H and O–H groups in total. The third-order valence-corrected chi connectivity index (χ3v) is 13.1. The molecule has 14 nitrogen and oxygen atoms in total. The lowest BCUT2D eigenvalue weighted by Gasteiger charge is -2.35. The summed E-state index contributed by atoms with van der Waals surface area (Å²) in [4.78, 5) is 62.3. The Morgan fingerprint density at radius 1 is 1.10 bits per heavy atom. The maximum absolute atomic E-state index is 14.7. The van der Waals surface area contributed by atoms with Crippen LogP contribution in [-0.4, -0.2) is 91.4 Å². The Balaban J connectivity index is 1.28. The van der Waals surface area contributed by atoms with E-state index in [0.717, 1.165) is 24.0 Å². The van der Waals surface area contributed by atoms with Gasteiger partial charge in [0.25, 0.3) is 5.91 Å². The van der Waals surface area contributed by atoms with Crippen LogP contribution in [0.25, 0.3) is 28.2 Å². The van der Waals surface area contributed by atoms with Gasteiger partial charge in [0.1, 0.15) is 35.2 Å². The van der Waals surface area contributed by atoms with Crippen LogP contribution in [0.1, 0.15) is 71.3 Å². The van der Waals surface area contributed by atoms with E-state index in [4.69, 9.17) is 19.2 Å². The Hall–Kier alpha value is -5.44. The van der Waals surface area contributed by atoms with Crippen LogP contribution >= 0.6 is 0 Å². The standard InChI is InChI=1S/C43H51N5O9S/c1-6-28-24-43(28,40(51)47-58(53,54)30-17-18-30)46-38(49)34-21-29-25-48(34)39(50)37(42(2,3)4)45-41(52)56-19-13-8-7-10-16-27-20-31-33(23-35(27)55-5)44-32(22-36(31)57-29)26-14-11-9-12-15-26/h6,9-12,14-16,20,22-23,28-30,34,37H,1,7-8,13,17-19,21,24-25H2,2-5H3,(H,45,52)(H,46,49)(H,47,51)/b16-10-/t28-,29-,34+,37-,43-/m1/s1. The zero-order chi connectivity index (χ0) is 41.4. The summed E-state index contributed by atoms with van der Waals surface area (Å²) in [6.45, 7) is 9.29. The van der Waals surface area contributed by atoms with Crippen molar-refractivity contribution in [3.8, 4) is 22.8 Å². The van der Waals surface area contributed by atoms with Crippen molar-refractivity contribution in [2.45, 2.75) is 94.7 Å². The number of methoxy groups -OCH3 is 1. The molecule has 2 saturated carbocycles. The SMILES string of the molecule is C=C[C@@H]1C[C@]1(NC(=O)[C@@H]1C[C@@H]2CN1C(=O)[C@H](C(C)(C)C)NC(=O)OCCCC/C=C\c1cc3c(cc(-c4ccccc4)nc3cc1OC)O2)C(=O)NS(=O)(=O)C1CC1. The summed E-state index contributed by atoms with van der Waals surface area (Å²) >= 11 is 0. The smallest absolute Gasteiger partial charge is 0.407 e. The molecule has 1 aromatic heterocycles. The number of cyclic esters (lactones) is 1. The molecule has 5 atom stereocenters. The number of benzene rings is 2. The number of sulfonamides is 1. The molecule has 3 heterocycles. The molecule has 7 rings (SSSR count). The summed E-state index contributed by atoms with van der Waals surface area (Å²) in [5.74, 6) is -1.50. The maximum atomic E-state index is 14.7. The Morgan fingerprint density at radius 2 is 1.86 bits per heavy atom. The highest BCUT2D eigenvalue weighted by atomic mass is 32.2. The fourth-order valence-electron chi connectivity index (χ4n) is 7.69. The van der Waals surface area contributed by atoms with Crippen molar-refractivity contribution < 1.29 is 41.8 Å². The van der Waals surface area contributed by atoms with E-state index >= 15 is 0 Å². The first-order valence-electron chi connectivity index (χ1n) is 19.8. The average molecular weight is 814 g/mol. The Bertz CT molecular complexity index is 2250. The lowest BCUT2D eigenvalue weighted by Crippen LogP contribution is -2.60. The van der Waals surface area contributed by atoms with Gasteiger partial charge in [0.15, 0.2) is 0 Å². The number of ether oxygens (including phenoxy) is 3. The number of hydrogen-bond donors (Lipinski definition) is 3. The predicted octanol–water partition coefficient (Wildman–Crippen LogP) is 5.27. The van der Waals surface area contributed by atoms with Crippen molar-refractivity contribution in [3.63, 3.8) is 0 Å². The van der Waals surface area contributed by atoms with Crippen molar-refractivity contribution in [2.24, 2.45) is 11.3 Å². The van der Waals surface area contributed by atoms with E-state index < -0.39 is 74.1 Å². The maximum Gasteiger partial charge on any atom is 0.407 e. The molecular formula is C43H51N5O9S. The summed E-state index contributed by atoms with van der Waals surface area (Å²) in [6, 6.07) is 13.0. The molecule has 4 bridgehead atoms. The molecular weight excluding hydrogens is 763 g/mol. The number of allylic oxidation sites excluding steroid dienone is 1. The lowest BCUT2D eigenvalue weighted by molar-refractivity contribution is -0.142. The fraction of sp³-hybridized carbons (Fsp3) is 0.465. The number of amides is 4. The lowest BCUT2D eigenvalue weighted by atomic mass is 9.85. The minimum absolute atomic E-state index is 0.0170. The van der Waals surface area contributed by atoms with Crippen LogP contribution in [0.2, 0.25) is 0 Å². The Morgan fingerprint density at radius 3 is 2.53 bits per heavy atom. The number of fused-ring (bicyclic) bond motifs is 3. The largest absolute Gasteiger partial charge is 0.496 e. The second-order valence-electron chi connectivity index (χ2n) is 16.6. The number of carbonyl (C=O) groups excluding carboxylic acids is 4. The van der Waals surface area contributed by atoms with E-state index in [0.29, 0.717) is 47.4 Å². The first-order chi connectivity index (χ1) is 27.6. The molecule has 3 fully saturated rings. The van der Waals surface area contributed by atoms with E-state index in [-0.39, 0.29) is 26.0 Å². The summed E-state index contributed by atoms with van der Waals surface area (Å²) < 4.78 is 45.9. The molecule has 0 radical (unpaired) electrons. The van der Waals surface area contributed by atoms with E-state index in [1.54, 1.807) is 27.9 Å². The van der Waals surface area contributed by atoms with Gasteiger partial charge in [0.2, 0.25) is 21.8 Å². The van der Waals surface area contributed by atoms with Gasteiger partial charge in [-0.05, 0) is 50.0 Å². The van der Waals surface area contributed by atoms with Crippen LogP contribution < -0.4 is 24.8 Å². The van der Waals surface area contributed by atoms with E-state index in [1.807, 2.05) is 60.7 Å². The number of nitrogens with zero attached hydrogens (tertiary/aromatic N) is 2. The molecule has 2 aliphatic heterocycles. The van der Waals surface area contributed by atoms with Crippen LogP contribution in [0, 0.1) is 11.3 Å². The zero-order valence-corrected chi connectivity index (χ0v) is 34.1. The second kappa shape index (κ2) is 16.1. The molecule has 308 valence electrons. The van der Waals surface area contributed by atoms with Crippen molar-refractivity contribution in [1.29, 1.82) is 0 Å². The van der Waals surface area contributed by atoms with Gasteiger partial charge >= 0.3 is 6.09 Å². The summed E-state index contributed by atoms with van der Waals surface area (Å²) in [7, 11) is -2.32. The minimum Gasteiger partial charge on any atom is -0.496 e. The highest BCUT2D eigenvalue weighted by Crippen LogP contribution is 2.46. The average Bonchev–Trinajstić information content (AvgIpc) is 4.12. The number of carbonyl (C=O) groups is 4. The van der Waals surface area contributed by atoms with Gasteiger partial charge in [0, 0.05) is 41.0 Å². The number of hydrogen-bond acceptors (Lipinski definition) is 10. The van der Waals surface area contributed by atoms with Crippen LogP contribution in [-0.2, 0) is 29.1 Å². The van der Waals surface area contributed by atoms with E-state index in [1.165, 1.54) is 11.0 Å². The van der Waals surface area contributed by atoms with Crippen molar-refractivity contribution >= 4 is 50.8 Å². The van der Waals surface area contributed by atoms with Gasteiger partial charge in [-0.15, -0.1) is 6.58 Å². The van der Waals surface area contributed by atoms with E-state index in [2.05, 4.69) is 21.9 Å². The molecule has 58 heavy (non-hydrogen) atoms. The quantitative estimate of drug-likeness (QED) is 0.254. The third kappa shape index (κ3) is 8.54. The molecule has 0 spiro atoms. The van der Waals surface area contributed by atoms with E-state index in [9.17, 15) is 27.6 Å². The first-order valence-corrected chi connectivity index (χ1v) is 21.3. The molecule has 15 heteroatoms. The topological polar surface area (TPSA) is 182 Å². The minimum atomic E-state index is -3.92. The van der Waals surface area contributed by atoms with Gasteiger partial charge in [-0.1, -0.05) is 69.3 Å². The molecule has 0 unspecified atom stereocenters. The van der Waals surface area contributed by atoms with Gasteiger partial charge in [-0.3, -0.25) is 19.1 Å². The van der Waals surface area contributed by atoms with Crippen molar-refractivity contribution in [1.82, 2.24) is 25.2 Å². The summed E-state index contributed by atoms with van der Waals surface area (Å²) in [5, 5.41) is 5.62. The van der Waals surface area contributed by atoms with Crippen LogP contribution in [0.4, 0.5) is 4.79 Å². The highest BCUT2D eigenvalue weighted by molar-refractivity contribution is 7.91. The molecule has 4 aliphatic rings. The number of nitrogens with one attached hydrogen (secondary N) is 3. The monoisotopic (exact) mass is 813 g/mol. The molecule has 2 aromatic carbocycles. The Kier molecular flexibility index (Phi) is 11.3. The number of aromatic nitrogens is 1. The molecule has 4 amide bonds. The van der Waals surface area contributed by atoms with Gasteiger partial charge in [0.05, 0.1) is 36.7 Å². The van der Waals surface area contributed by atoms with Gasteiger partial charge < -0.3 is 29.7 Å². The van der Waals surface area contributed by atoms with Crippen LogP contribution in [0.3, 0.4) is 0 Å². The molecule has 1 saturated heterocycles.